The summed E-state index contributed by atoms with van der Waals surface area (Å²) in [4.78, 5) is 2.54. The zero-order valence-electron chi connectivity index (χ0n) is 12.9. The van der Waals surface area contributed by atoms with Crippen molar-refractivity contribution in [2.45, 2.75) is 39.7 Å². The second-order valence-electron chi connectivity index (χ2n) is 5.57. The molecule has 1 aliphatic heterocycles. The molecule has 0 spiro atoms. The Bertz CT molecular complexity index is 204. The van der Waals surface area contributed by atoms with Crippen LogP contribution in [0.25, 0.3) is 0 Å². The smallest absolute Gasteiger partial charge is 0.0704 e. The molecule has 0 aromatic rings. The van der Waals surface area contributed by atoms with Gasteiger partial charge in [0.25, 0.3) is 0 Å². The molecule has 0 aromatic heterocycles. The number of ether oxygens (including phenoxy) is 3. The van der Waals surface area contributed by atoms with Crippen molar-refractivity contribution in [2.75, 3.05) is 52.7 Å². The molecule has 19 heavy (non-hydrogen) atoms. The van der Waals surface area contributed by atoms with Gasteiger partial charge in [0.2, 0.25) is 0 Å². The highest BCUT2D eigenvalue weighted by atomic mass is 16.5. The van der Waals surface area contributed by atoms with E-state index >= 15 is 0 Å². The van der Waals surface area contributed by atoms with E-state index in [2.05, 4.69) is 18.7 Å². The van der Waals surface area contributed by atoms with Gasteiger partial charge in [0.15, 0.2) is 0 Å². The van der Waals surface area contributed by atoms with Crippen molar-refractivity contribution in [3.8, 4) is 0 Å². The number of piperidine rings is 1. The summed E-state index contributed by atoms with van der Waals surface area (Å²) in [5, 5.41) is 0. The maximum atomic E-state index is 5.85. The number of hydrogen-bond donors (Lipinski definition) is 0. The monoisotopic (exact) mass is 273 g/mol. The SMILES string of the molecule is CCOCCOCCOC1CCN(CC(C)C)CC1. The number of hydrogen-bond acceptors (Lipinski definition) is 4. The summed E-state index contributed by atoms with van der Waals surface area (Å²) in [6.45, 7) is 13.6. The molecule has 0 N–H and O–H groups in total. The molecule has 0 aliphatic carbocycles. The lowest BCUT2D eigenvalue weighted by molar-refractivity contribution is -0.0313. The quantitative estimate of drug-likeness (QED) is 0.571. The first-order chi connectivity index (χ1) is 9.22. The molecule has 114 valence electrons. The molecule has 1 fully saturated rings. The first-order valence-electron chi connectivity index (χ1n) is 7.71. The van der Waals surface area contributed by atoms with Crippen molar-refractivity contribution in [1.29, 1.82) is 0 Å². The molecular formula is C15H31NO3. The lowest BCUT2D eigenvalue weighted by atomic mass is 10.1. The van der Waals surface area contributed by atoms with Crippen LogP contribution in [0.5, 0.6) is 0 Å². The maximum Gasteiger partial charge on any atom is 0.0704 e. The number of nitrogens with zero attached hydrogens (tertiary/aromatic N) is 1. The molecule has 0 unspecified atom stereocenters. The normalized spacial score (nSPS) is 18.3. The first kappa shape index (κ1) is 16.9. The Morgan fingerprint density at radius 2 is 1.63 bits per heavy atom. The Morgan fingerprint density at radius 3 is 2.26 bits per heavy atom. The molecule has 0 radical (unpaired) electrons. The van der Waals surface area contributed by atoms with Crippen LogP contribution in [-0.2, 0) is 14.2 Å². The highest BCUT2D eigenvalue weighted by Gasteiger charge is 2.19. The van der Waals surface area contributed by atoms with Crippen LogP contribution in [-0.4, -0.2) is 63.7 Å². The fourth-order valence-corrected chi connectivity index (χ4v) is 2.41. The molecular weight excluding hydrogens is 242 g/mol. The molecule has 0 atom stereocenters. The van der Waals surface area contributed by atoms with E-state index in [9.17, 15) is 0 Å². The van der Waals surface area contributed by atoms with Gasteiger partial charge in [-0.15, -0.1) is 0 Å². The van der Waals surface area contributed by atoms with E-state index in [4.69, 9.17) is 14.2 Å². The highest BCUT2D eigenvalue weighted by Crippen LogP contribution is 2.14. The summed E-state index contributed by atoms with van der Waals surface area (Å²) >= 11 is 0. The molecule has 4 heteroatoms. The van der Waals surface area contributed by atoms with Crippen molar-refractivity contribution >= 4 is 0 Å². The first-order valence-corrected chi connectivity index (χ1v) is 7.71. The summed E-state index contributed by atoms with van der Waals surface area (Å²) in [6.07, 6.45) is 2.75. The van der Waals surface area contributed by atoms with Crippen LogP contribution in [0.1, 0.15) is 33.6 Å². The van der Waals surface area contributed by atoms with Crippen molar-refractivity contribution in [1.82, 2.24) is 4.90 Å². The third-order valence-electron chi connectivity index (χ3n) is 3.32. The Balaban J connectivity index is 1.92. The van der Waals surface area contributed by atoms with Crippen molar-refractivity contribution < 1.29 is 14.2 Å². The maximum absolute atomic E-state index is 5.85. The summed E-state index contributed by atoms with van der Waals surface area (Å²) in [7, 11) is 0. The minimum absolute atomic E-state index is 0.430. The van der Waals surface area contributed by atoms with Crippen LogP contribution in [0.2, 0.25) is 0 Å². The summed E-state index contributed by atoms with van der Waals surface area (Å²) in [5.74, 6) is 0.760. The average Bonchev–Trinajstić information content (AvgIpc) is 2.39. The molecule has 1 saturated heterocycles. The lowest BCUT2D eigenvalue weighted by Crippen LogP contribution is -2.39. The molecule has 1 rings (SSSR count). The van der Waals surface area contributed by atoms with Gasteiger partial charge < -0.3 is 19.1 Å². The van der Waals surface area contributed by atoms with Gasteiger partial charge in [-0.05, 0) is 25.7 Å². The second-order valence-corrected chi connectivity index (χ2v) is 5.57. The highest BCUT2D eigenvalue weighted by molar-refractivity contribution is 4.73. The molecule has 0 bridgehead atoms. The van der Waals surface area contributed by atoms with Gasteiger partial charge in [0, 0.05) is 26.2 Å². The molecule has 0 amide bonds. The van der Waals surface area contributed by atoms with E-state index in [1.165, 1.54) is 19.6 Å². The Labute approximate surface area is 118 Å². The summed E-state index contributed by atoms with van der Waals surface area (Å²) in [5.41, 5.74) is 0. The van der Waals surface area contributed by atoms with Crippen LogP contribution >= 0.6 is 0 Å². The lowest BCUT2D eigenvalue weighted by Gasteiger charge is -2.32. The van der Waals surface area contributed by atoms with E-state index in [1.54, 1.807) is 0 Å². The molecule has 4 nitrogen and oxygen atoms in total. The molecule has 1 heterocycles. The predicted molar refractivity (Wildman–Crippen MR) is 77.6 cm³/mol. The Morgan fingerprint density at radius 1 is 1.00 bits per heavy atom. The van der Waals surface area contributed by atoms with Crippen LogP contribution in [0, 0.1) is 5.92 Å². The minimum Gasteiger partial charge on any atom is -0.379 e. The zero-order valence-corrected chi connectivity index (χ0v) is 12.9. The summed E-state index contributed by atoms with van der Waals surface area (Å²) in [6, 6.07) is 0. The van der Waals surface area contributed by atoms with Gasteiger partial charge >= 0.3 is 0 Å². The zero-order chi connectivity index (χ0) is 13.9. The van der Waals surface area contributed by atoms with Gasteiger partial charge in [-0.3, -0.25) is 0 Å². The van der Waals surface area contributed by atoms with Crippen LogP contribution in [0.15, 0.2) is 0 Å². The van der Waals surface area contributed by atoms with E-state index in [-0.39, 0.29) is 0 Å². The van der Waals surface area contributed by atoms with Crippen molar-refractivity contribution in [3.05, 3.63) is 0 Å². The van der Waals surface area contributed by atoms with E-state index in [0.29, 0.717) is 32.5 Å². The van der Waals surface area contributed by atoms with E-state index in [0.717, 1.165) is 25.4 Å². The Kier molecular flexibility index (Phi) is 9.43. The fourth-order valence-electron chi connectivity index (χ4n) is 2.41. The second kappa shape index (κ2) is 10.6. The van der Waals surface area contributed by atoms with Gasteiger partial charge in [0.05, 0.1) is 32.5 Å². The average molecular weight is 273 g/mol. The molecule has 0 aromatic carbocycles. The van der Waals surface area contributed by atoms with Crippen LogP contribution < -0.4 is 0 Å². The van der Waals surface area contributed by atoms with Gasteiger partial charge in [-0.2, -0.15) is 0 Å². The third kappa shape index (κ3) is 8.58. The standard InChI is InChI=1S/C15H31NO3/c1-4-17-9-10-18-11-12-19-15-5-7-16(8-6-15)13-14(2)3/h14-15H,4-13H2,1-3H3. The van der Waals surface area contributed by atoms with Crippen LogP contribution in [0.3, 0.4) is 0 Å². The van der Waals surface area contributed by atoms with E-state index < -0.39 is 0 Å². The van der Waals surface area contributed by atoms with Gasteiger partial charge in [0.1, 0.15) is 0 Å². The van der Waals surface area contributed by atoms with Crippen molar-refractivity contribution in [2.24, 2.45) is 5.92 Å². The van der Waals surface area contributed by atoms with E-state index in [1.807, 2.05) is 6.92 Å². The fraction of sp³-hybridized carbons (Fsp3) is 1.00. The van der Waals surface area contributed by atoms with Crippen molar-refractivity contribution in [3.63, 3.8) is 0 Å². The number of likely N-dealkylation sites (tertiary alicyclic amines) is 1. The largest absolute Gasteiger partial charge is 0.379 e. The van der Waals surface area contributed by atoms with Gasteiger partial charge in [-0.25, -0.2) is 0 Å². The third-order valence-corrected chi connectivity index (χ3v) is 3.32. The minimum atomic E-state index is 0.430. The topological polar surface area (TPSA) is 30.9 Å². The predicted octanol–water partition coefficient (Wildman–Crippen LogP) is 2.18. The molecule has 1 aliphatic rings. The van der Waals surface area contributed by atoms with Crippen LogP contribution in [0.4, 0.5) is 0 Å². The molecule has 0 saturated carbocycles. The summed E-state index contributed by atoms with van der Waals surface area (Å²) < 4.78 is 16.5. The van der Waals surface area contributed by atoms with Gasteiger partial charge in [-0.1, -0.05) is 13.8 Å². The Hall–Kier alpha value is -0.160. The number of rotatable bonds is 10.